The molecule has 1 saturated heterocycles. The number of nitrogens with zero attached hydrogens (tertiary/aromatic N) is 2. The van der Waals surface area contributed by atoms with Gasteiger partial charge < -0.3 is 19.8 Å². The number of aliphatic hydroxyl groups excluding tert-OH is 2. The second-order valence-corrected chi connectivity index (χ2v) is 6.65. The van der Waals surface area contributed by atoms with Crippen LogP contribution in [0.3, 0.4) is 0 Å². The number of likely N-dealkylation sites (tertiary alicyclic amines) is 1. The summed E-state index contributed by atoms with van der Waals surface area (Å²) in [7, 11) is 0. The zero-order valence-electron chi connectivity index (χ0n) is 16.2. The van der Waals surface area contributed by atoms with Crippen LogP contribution in [-0.2, 0) is 14.3 Å². The number of halogens is 1. The molecule has 3 rings (SSSR count). The summed E-state index contributed by atoms with van der Waals surface area (Å²) in [6, 6.07) is 8.97. The molecule has 1 aliphatic heterocycles. The summed E-state index contributed by atoms with van der Waals surface area (Å²) in [4.78, 5) is 37.6. The van der Waals surface area contributed by atoms with Gasteiger partial charge in [0.05, 0.1) is 41.9 Å². The highest BCUT2D eigenvalue weighted by Crippen LogP contribution is 2.42. The molecule has 1 aliphatic rings. The Kier molecular flexibility index (Phi) is 6.73. The quantitative estimate of drug-likeness (QED) is 0.164. The number of carbonyl (C=O) groups is 2. The van der Waals surface area contributed by atoms with Gasteiger partial charge in [-0.1, -0.05) is 12.1 Å². The number of benzene rings is 2. The van der Waals surface area contributed by atoms with Crippen LogP contribution < -0.4 is 0 Å². The zero-order chi connectivity index (χ0) is 22.5. The highest BCUT2D eigenvalue weighted by atomic mass is 19.1. The molecule has 10 heteroatoms. The number of ketones is 1. The van der Waals surface area contributed by atoms with Crippen LogP contribution in [0.15, 0.2) is 54.1 Å². The van der Waals surface area contributed by atoms with E-state index >= 15 is 0 Å². The van der Waals surface area contributed by atoms with Crippen molar-refractivity contribution >= 4 is 23.1 Å². The second kappa shape index (κ2) is 9.45. The van der Waals surface area contributed by atoms with Crippen molar-refractivity contribution in [2.24, 2.45) is 0 Å². The molecule has 9 nitrogen and oxygen atoms in total. The number of rotatable bonds is 8. The van der Waals surface area contributed by atoms with Gasteiger partial charge in [0.15, 0.2) is 0 Å². The smallest absolute Gasteiger partial charge is 0.295 e. The predicted molar refractivity (Wildman–Crippen MR) is 106 cm³/mol. The van der Waals surface area contributed by atoms with Crippen LogP contribution in [0.4, 0.5) is 10.1 Å². The summed E-state index contributed by atoms with van der Waals surface area (Å²) < 4.78 is 18.5. The fourth-order valence-corrected chi connectivity index (χ4v) is 3.41. The minimum atomic E-state index is -1.25. The van der Waals surface area contributed by atoms with Gasteiger partial charge in [-0.15, -0.1) is 0 Å². The van der Waals surface area contributed by atoms with Gasteiger partial charge in [-0.25, -0.2) is 4.39 Å². The number of nitro benzene ring substituents is 1. The molecule has 0 spiro atoms. The molecule has 0 aromatic heterocycles. The van der Waals surface area contributed by atoms with Crippen LogP contribution in [0, 0.1) is 15.9 Å². The fraction of sp³-hybridized carbons (Fsp3) is 0.238. The van der Waals surface area contributed by atoms with Crippen LogP contribution in [0.2, 0.25) is 0 Å². The Hall–Kier alpha value is -3.63. The van der Waals surface area contributed by atoms with E-state index in [-0.39, 0.29) is 48.8 Å². The molecule has 0 aliphatic carbocycles. The molecule has 0 saturated carbocycles. The molecule has 2 aromatic carbocycles. The van der Waals surface area contributed by atoms with Gasteiger partial charge in [-0.2, -0.15) is 0 Å². The lowest BCUT2D eigenvalue weighted by Crippen LogP contribution is -2.33. The van der Waals surface area contributed by atoms with Crippen LogP contribution >= 0.6 is 0 Å². The van der Waals surface area contributed by atoms with E-state index in [9.17, 15) is 29.2 Å². The number of Topliss-reactive ketones (excluding diaryl/α,β-unsaturated/α-hetero) is 1. The van der Waals surface area contributed by atoms with Crippen molar-refractivity contribution in [3.05, 3.63) is 81.2 Å². The van der Waals surface area contributed by atoms with Crippen molar-refractivity contribution in [2.45, 2.75) is 6.04 Å². The van der Waals surface area contributed by atoms with Gasteiger partial charge in [-0.3, -0.25) is 19.7 Å². The van der Waals surface area contributed by atoms with Crippen molar-refractivity contribution in [1.82, 2.24) is 4.90 Å². The van der Waals surface area contributed by atoms with Crippen LogP contribution in [-0.4, -0.2) is 58.1 Å². The minimum absolute atomic E-state index is 0.00958. The summed E-state index contributed by atoms with van der Waals surface area (Å²) in [5, 5.41) is 31.2. The van der Waals surface area contributed by atoms with E-state index in [0.29, 0.717) is 0 Å². The van der Waals surface area contributed by atoms with Gasteiger partial charge in [0, 0.05) is 18.2 Å². The molecule has 1 unspecified atom stereocenters. The van der Waals surface area contributed by atoms with E-state index in [1.165, 1.54) is 36.4 Å². The lowest BCUT2D eigenvalue weighted by atomic mass is 9.94. The fourth-order valence-electron chi connectivity index (χ4n) is 3.41. The first-order valence-electron chi connectivity index (χ1n) is 9.33. The predicted octanol–water partition coefficient (Wildman–Crippen LogP) is 2.16. The highest BCUT2D eigenvalue weighted by Gasteiger charge is 2.47. The Morgan fingerprint density at radius 2 is 1.81 bits per heavy atom. The molecule has 0 radical (unpaired) electrons. The van der Waals surface area contributed by atoms with E-state index in [0.717, 1.165) is 17.0 Å². The third-order valence-corrected chi connectivity index (χ3v) is 4.80. The van der Waals surface area contributed by atoms with Crippen LogP contribution in [0.1, 0.15) is 17.2 Å². The number of aliphatic hydroxyl groups is 2. The van der Waals surface area contributed by atoms with Gasteiger partial charge >= 0.3 is 0 Å². The zero-order valence-corrected chi connectivity index (χ0v) is 16.2. The minimum Gasteiger partial charge on any atom is -0.507 e. The first-order valence-corrected chi connectivity index (χ1v) is 9.33. The van der Waals surface area contributed by atoms with Crippen molar-refractivity contribution in [3.63, 3.8) is 0 Å². The Morgan fingerprint density at radius 3 is 2.45 bits per heavy atom. The Bertz CT molecular complexity index is 1040. The van der Waals surface area contributed by atoms with E-state index in [2.05, 4.69) is 0 Å². The lowest BCUT2D eigenvalue weighted by molar-refractivity contribution is -0.385. The van der Waals surface area contributed by atoms with E-state index in [1.54, 1.807) is 0 Å². The molecular weight excluding hydrogens is 411 g/mol. The third-order valence-electron chi connectivity index (χ3n) is 4.80. The standard InChI is InChI=1S/C21H19FN2O7/c22-14-7-5-13(6-8-14)19(26)17-18(15-3-1-2-4-16(15)24(29)30)23(21(28)20(17)27)9-11-31-12-10-25/h1-8,18,25-26H,9-12H2/b19-17+. The largest absolute Gasteiger partial charge is 0.507 e. The van der Waals surface area contributed by atoms with E-state index < -0.39 is 34.2 Å². The average molecular weight is 430 g/mol. The number of nitro groups is 1. The van der Waals surface area contributed by atoms with E-state index in [4.69, 9.17) is 9.84 Å². The maximum atomic E-state index is 13.3. The van der Waals surface area contributed by atoms with Crippen molar-refractivity contribution in [1.29, 1.82) is 0 Å². The van der Waals surface area contributed by atoms with E-state index in [1.807, 2.05) is 0 Å². The number of amides is 1. The van der Waals surface area contributed by atoms with Crippen molar-refractivity contribution in [3.8, 4) is 0 Å². The number of carbonyl (C=O) groups excluding carboxylic acids is 2. The normalized spacial score (nSPS) is 17.9. The number of hydrogen-bond donors (Lipinski definition) is 2. The monoisotopic (exact) mass is 430 g/mol. The third kappa shape index (κ3) is 4.44. The molecule has 31 heavy (non-hydrogen) atoms. The molecule has 162 valence electrons. The van der Waals surface area contributed by atoms with Gasteiger partial charge in [0.1, 0.15) is 11.6 Å². The second-order valence-electron chi connectivity index (χ2n) is 6.65. The Balaban J connectivity index is 2.15. The van der Waals surface area contributed by atoms with Crippen LogP contribution in [0.25, 0.3) is 5.76 Å². The lowest BCUT2D eigenvalue weighted by Gasteiger charge is -2.25. The first-order chi connectivity index (χ1) is 14.9. The molecule has 2 N–H and O–H groups in total. The maximum Gasteiger partial charge on any atom is 0.295 e. The molecule has 1 atom stereocenters. The van der Waals surface area contributed by atoms with Crippen molar-refractivity contribution in [2.75, 3.05) is 26.4 Å². The van der Waals surface area contributed by atoms with Gasteiger partial charge in [-0.05, 0) is 30.3 Å². The topological polar surface area (TPSA) is 130 Å². The summed E-state index contributed by atoms with van der Waals surface area (Å²) in [5.41, 5.74) is -0.550. The summed E-state index contributed by atoms with van der Waals surface area (Å²) in [5.74, 6) is -3.11. The molecule has 1 heterocycles. The first kappa shape index (κ1) is 22.1. The molecule has 1 fully saturated rings. The van der Waals surface area contributed by atoms with Gasteiger partial charge in [0.25, 0.3) is 17.4 Å². The maximum absolute atomic E-state index is 13.3. The summed E-state index contributed by atoms with van der Waals surface area (Å²) in [6.45, 7) is -0.380. The molecular formula is C21H19FN2O7. The molecule has 1 amide bonds. The van der Waals surface area contributed by atoms with Crippen LogP contribution in [0.5, 0.6) is 0 Å². The summed E-state index contributed by atoms with van der Waals surface area (Å²) in [6.07, 6.45) is 0. The average Bonchev–Trinajstić information content (AvgIpc) is 3.01. The Labute approximate surface area is 176 Å². The Morgan fingerprint density at radius 1 is 1.13 bits per heavy atom. The highest BCUT2D eigenvalue weighted by molar-refractivity contribution is 6.46. The SMILES string of the molecule is O=C1C(=O)N(CCOCCO)C(c2ccccc2[N+](=O)[O-])/C1=C(\O)c1ccc(F)cc1. The molecule has 2 aromatic rings. The number of ether oxygens (including phenoxy) is 1. The summed E-state index contributed by atoms with van der Waals surface area (Å²) >= 11 is 0. The molecule has 0 bridgehead atoms. The number of para-hydroxylation sites is 1. The van der Waals surface area contributed by atoms with Gasteiger partial charge in [0.2, 0.25) is 0 Å². The van der Waals surface area contributed by atoms with Crippen molar-refractivity contribution < 1.29 is 33.9 Å². The number of hydrogen-bond acceptors (Lipinski definition) is 7.